The van der Waals surface area contributed by atoms with Crippen LogP contribution in [-0.4, -0.2) is 20.1 Å². The smallest absolute Gasteiger partial charge is 0.234 e. The Labute approximate surface area is 98.0 Å². The van der Waals surface area contributed by atoms with Crippen molar-refractivity contribution in [3.8, 4) is 0 Å². The highest BCUT2D eigenvalue weighted by Crippen LogP contribution is 2.14. The molecule has 1 rings (SSSR count). The normalized spacial score (nSPS) is 15.7. The second-order valence-electron chi connectivity index (χ2n) is 3.69. The van der Waals surface area contributed by atoms with E-state index in [-0.39, 0.29) is 13.6 Å². The van der Waals surface area contributed by atoms with Gasteiger partial charge >= 0.3 is 0 Å². The Hall–Kier alpha value is -1.10. The molecule has 0 heterocycles. The second kappa shape index (κ2) is 5.84. The van der Waals surface area contributed by atoms with Crippen molar-refractivity contribution in [2.24, 2.45) is 0 Å². The minimum Gasteiger partial charge on any atom is -0.274 e. The number of allylic oxidation sites excluding steroid dienone is 4. The van der Waals surface area contributed by atoms with Crippen LogP contribution in [-0.2, 0) is 14.8 Å². The molecule has 0 fully saturated rings. The van der Waals surface area contributed by atoms with Crippen molar-refractivity contribution in [3.05, 3.63) is 23.8 Å². The van der Waals surface area contributed by atoms with Crippen LogP contribution >= 0.6 is 0 Å². The Bertz CT molecular complexity index is 412. The summed E-state index contributed by atoms with van der Waals surface area (Å²) >= 11 is 0. The van der Waals surface area contributed by atoms with Gasteiger partial charge in [0.05, 0.1) is 5.75 Å². The molecular formula is C11H19NO3S. The Morgan fingerprint density at radius 3 is 2.81 bits per heavy atom. The second-order valence-corrected chi connectivity index (χ2v) is 5.70. The van der Waals surface area contributed by atoms with E-state index in [9.17, 15) is 13.2 Å². The van der Waals surface area contributed by atoms with E-state index in [1.54, 1.807) is 0 Å². The first-order valence-corrected chi connectivity index (χ1v) is 7.07. The summed E-state index contributed by atoms with van der Waals surface area (Å²) in [7, 11) is -3.41. The highest BCUT2D eigenvalue weighted by Gasteiger charge is 2.11. The fourth-order valence-corrected chi connectivity index (χ4v) is 2.00. The van der Waals surface area contributed by atoms with Gasteiger partial charge in [-0.25, -0.2) is 8.42 Å². The monoisotopic (exact) mass is 245 g/mol. The van der Waals surface area contributed by atoms with Gasteiger partial charge < -0.3 is 0 Å². The Balaban J connectivity index is 0.00000256. The van der Waals surface area contributed by atoms with Gasteiger partial charge in [-0.1, -0.05) is 23.8 Å². The summed E-state index contributed by atoms with van der Waals surface area (Å²) in [4.78, 5) is 11.3. The van der Waals surface area contributed by atoms with E-state index in [2.05, 4.69) is 12.2 Å². The standard InChI is InChI=1S/C11H17NO3S.H2/c1-2-16(14,15)12-11(13)9-8-10-6-4-3-5-7-10;/h4,6-7H,2-3,5,8-9H2,1H3,(H,12,13);1H. The summed E-state index contributed by atoms with van der Waals surface area (Å²) in [6.07, 6.45) is 9.00. The minimum absolute atomic E-state index is 0. The fourth-order valence-electron chi connectivity index (χ4n) is 1.41. The zero-order chi connectivity index (χ0) is 12.0. The molecule has 1 aliphatic carbocycles. The Morgan fingerprint density at radius 2 is 2.25 bits per heavy atom. The fraction of sp³-hybridized carbons (Fsp3) is 0.545. The molecule has 0 saturated carbocycles. The predicted octanol–water partition coefficient (Wildman–Crippen LogP) is 1.75. The quantitative estimate of drug-likeness (QED) is 0.802. The lowest BCUT2D eigenvalue weighted by Gasteiger charge is -2.07. The number of nitrogens with one attached hydrogen (secondary N) is 1. The van der Waals surface area contributed by atoms with Crippen LogP contribution in [0.15, 0.2) is 23.8 Å². The molecule has 0 bridgehead atoms. The summed E-state index contributed by atoms with van der Waals surface area (Å²) in [5, 5.41) is 0. The summed E-state index contributed by atoms with van der Waals surface area (Å²) in [6.45, 7) is 1.50. The van der Waals surface area contributed by atoms with E-state index in [0.717, 1.165) is 18.4 Å². The third-order valence-corrected chi connectivity index (χ3v) is 3.66. The number of hydrogen-bond acceptors (Lipinski definition) is 3. The average molecular weight is 245 g/mol. The summed E-state index contributed by atoms with van der Waals surface area (Å²) < 4.78 is 24.2. The van der Waals surface area contributed by atoms with E-state index in [1.165, 1.54) is 6.92 Å². The molecular weight excluding hydrogens is 226 g/mol. The van der Waals surface area contributed by atoms with Gasteiger partial charge in [-0.05, 0) is 26.2 Å². The number of carbonyl (C=O) groups excluding carboxylic acids is 1. The maximum atomic E-state index is 11.3. The van der Waals surface area contributed by atoms with E-state index in [0.29, 0.717) is 6.42 Å². The lowest BCUT2D eigenvalue weighted by molar-refractivity contribution is -0.119. The maximum Gasteiger partial charge on any atom is 0.234 e. The molecule has 1 amide bonds. The van der Waals surface area contributed by atoms with Gasteiger partial charge in [-0.15, -0.1) is 0 Å². The molecule has 0 unspecified atom stereocenters. The van der Waals surface area contributed by atoms with Gasteiger partial charge in [-0.2, -0.15) is 0 Å². The van der Waals surface area contributed by atoms with Crippen LogP contribution in [0.5, 0.6) is 0 Å². The van der Waals surface area contributed by atoms with Gasteiger partial charge in [0.25, 0.3) is 0 Å². The van der Waals surface area contributed by atoms with Crippen LogP contribution in [0.25, 0.3) is 0 Å². The first-order valence-electron chi connectivity index (χ1n) is 5.42. The Kier molecular flexibility index (Phi) is 4.73. The van der Waals surface area contributed by atoms with Gasteiger partial charge in [0.2, 0.25) is 15.9 Å². The highest BCUT2D eigenvalue weighted by molar-refractivity contribution is 7.90. The van der Waals surface area contributed by atoms with Crippen molar-refractivity contribution in [2.45, 2.75) is 32.6 Å². The summed E-state index contributed by atoms with van der Waals surface area (Å²) in [5.74, 6) is -0.497. The molecule has 1 aliphatic rings. The summed E-state index contributed by atoms with van der Waals surface area (Å²) in [6, 6.07) is 0. The zero-order valence-electron chi connectivity index (χ0n) is 9.40. The van der Waals surface area contributed by atoms with Crippen molar-refractivity contribution in [3.63, 3.8) is 0 Å². The number of amides is 1. The topological polar surface area (TPSA) is 63.2 Å². The molecule has 16 heavy (non-hydrogen) atoms. The molecule has 92 valence electrons. The van der Waals surface area contributed by atoms with E-state index in [1.807, 2.05) is 10.8 Å². The van der Waals surface area contributed by atoms with Crippen LogP contribution in [0.3, 0.4) is 0 Å². The van der Waals surface area contributed by atoms with Crippen molar-refractivity contribution in [1.82, 2.24) is 4.72 Å². The molecule has 4 nitrogen and oxygen atoms in total. The van der Waals surface area contributed by atoms with Crippen molar-refractivity contribution in [1.29, 1.82) is 0 Å². The molecule has 0 aromatic heterocycles. The minimum atomic E-state index is -3.41. The first kappa shape index (κ1) is 13.0. The number of carbonyl (C=O) groups is 1. The predicted molar refractivity (Wildman–Crippen MR) is 65.4 cm³/mol. The third kappa shape index (κ3) is 4.61. The SMILES string of the molecule is CCS(=O)(=O)NC(=O)CCC1=CCCC=C1.[HH]. The summed E-state index contributed by atoms with van der Waals surface area (Å²) in [5.41, 5.74) is 1.11. The number of sulfonamides is 1. The van der Waals surface area contributed by atoms with E-state index < -0.39 is 15.9 Å². The van der Waals surface area contributed by atoms with Crippen molar-refractivity contribution < 1.29 is 14.6 Å². The first-order chi connectivity index (χ1) is 7.53. The maximum absolute atomic E-state index is 11.3. The lowest BCUT2D eigenvalue weighted by Crippen LogP contribution is -2.31. The van der Waals surface area contributed by atoms with Gasteiger partial charge in [0, 0.05) is 7.85 Å². The zero-order valence-corrected chi connectivity index (χ0v) is 10.2. The van der Waals surface area contributed by atoms with Crippen LogP contribution in [0.4, 0.5) is 0 Å². The molecule has 5 heteroatoms. The molecule has 0 aliphatic heterocycles. The van der Waals surface area contributed by atoms with Crippen molar-refractivity contribution in [2.75, 3.05) is 5.75 Å². The molecule has 0 aromatic carbocycles. The number of rotatable bonds is 5. The molecule has 0 saturated heterocycles. The van der Waals surface area contributed by atoms with Crippen molar-refractivity contribution >= 4 is 15.9 Å². The molecule has 0 radical (unpaired) electrons. The lowest BCUT2D eigenvalue weighted by atomic mass is 10.0. The van der Waals surface area contributed by atoms with Gasteiger partial charge in [-0.3, -0.25) is 9.52 Å². The van der Waals surface area contributed by atoms with E-state index >= 15 is 0 Å². The number of hydrogen-bond donors (Lipinski definition) is 1. The highest BCUT2D eigenvalue weighted by atomic mass is 32.2. The Morgan fingerprint density at radius 1 is 1.50 bits per heavy atom. The molecule has 0 atom stereocenters. The van der Waals surface area contributed by atoms with Crippen LogP contribution in [0, 0.1) is 0 Å². The molecule has 0 spiro atoms. The van der Waals surface area contributed by atoms with E-state index in [4.69, 9.17) is 0 Å². The van der Waals surface area contributed by atoms with Crippen LogP contribution in [0.2, 0.25) is 0 Å². The van der Waals surface area contributed by atoms with Gasteiger partial charge in [0.15, 0.2) is 0 Å². The van der Waals surface area contributed by atoms with Gasteiger partial charge in [0.1, 0.15) is 0 Å². The third-order valence-electron chi connectivity index (χ3n) is 2.36. The average Bonchev–Trinajstić information content (AvgIpc) is 2.27. The van der Waals surface area contributed by atoms with Crippen LogP contribution < -0.4 is 4.72 Å². The largest absolute Gasteiger partial charge is 0.274 e. The van der Waals surface area contributed by atoms with Crippen LogP contribution in [0.1, 0.15) is 34.0 Å². The molecule has 1 N–H and O–H groups in total. The molecule has 0 aromatic rings.